The maximum Gasteiger partial charge on any atom is 0.00786 e. The van der Waals surface area contributed by atoms with Gasteiger partial charge in [-0.15, -0.1) is 0 Å². The Bertz CT molecular complexity index is 844. The van der Waals surface area contributed by atoms with Crippen LogP contribution in [0.3, 0.4) is 0 Å². The first-order chi connectivity index (χ1) is 13.4. The van der Waals surface area contributed by atoms with Crippen LogP contribution in [0.2, 0.25) is 0 Å². The number of hydrogen-bond donors (Lipinski definition) is 0. The Kier molecular flexibility index (Phi) is 5.99. The van der Waals surface area contributed by atoms with Gasteiger partial charge in [0.2, 0.25) is 0 Å². The lowest BCUT2D eigenvalue weighted by atomic mass is 9.79. The first-order valence-electron chi connectivity index (χ1n) is 9.96. The van der Waals surface area contributed by atoms with Gasteiger partial charge in [0.25, 0.3) is 0 Å². The van der Waals surface area contributed by atoms with Gasteiger partial charge in [0.05, 0.1) is 0 Å². The predicted octanol–water partition coefficient (Wildman–Crippen LogP) is 7.67. The van der Waals surface area contributed by atoms with Crippen LogP contribution in [0.25, 0.3) is 12.2 Å². The highest BCUT2D eigenvalue weighted by molar-refractivity contribution is 5.53. The van der Waals surface area contributed by atoms with Crippen molar-refractivity contribution in [2.75, 3.05) is 0 Å². The summed E-state index contributed by atoms with van der Waals surface area (Å²) in [7, 11) is 0. The van der Waals surface area contributed by atoms with Gasteiger partial charge in [-0.25, -0.2) is 0 Å². The lowest BCUT2D eigenvalue weighted by Crippen LogP contribution is -2.16. The summed E-state index contributed by atoms with van der Waals surface area (Å²) in [6, 6.07) is 30.0. The molecule has 0 aliphatic rings. The van der Waals surface area contributed by atoms with Crippen molar-refractivity contribution in [2.24, 2.45) is 0 Å². The summed E-state index contributed by atoms with van der Waals surface area (Å²) in [6.07, 6.45) is 9.00. The van der Waals surface area contributed by atoms with Crippen LogP contribution < -0.4 is 0 Å². The maximum absolute atomic E-state index is 2.29. The Morgan fingerprint density at radius 2 is 0.786 bits per heavy atom. The minimum Gasteiger partial charge on any atom is -0.0739 e. The molecule has 0 aliphatic carbocycles. The van der Waals surface area contributed by atoms with Gasteiger partial charge < -0.3 is 0 Å². The Balaban J connectivity index is 1.76. The molecule has 0 heteroatoms. The van der Waals surface area contributed by atoms with Crippen molar-refractivity contribution < 1.29 is 0 Å². The molecule has 0 amide bonds. The number of hydrogen-bond acceptors (Lipinski definition) is 0. The summed E-state index contributed by atoms with van der Waals surface area (Å²) < 4.78 is 0. The largest absolute Gasteiger partial charge is 0.0739 e. The predicted molar refractivity (Wildman–Crippen MR) is 123 cm³/mol. The molecule has 0 saturated heterocycles. The lowest BCUT2D eigenvalue weighted by Gasteiger charge is -2.25. The van der Waals surface area contributed by atoms with Crippen molar-refractivity contribution >= 4 is 12.2 Å². The van der Waals surface area contributed by atoms with E-state index in [1.54, 1.807) is 0 Å². The summed E-state index contributed by atoms with van der Waals surface area (Å²) in [5, 5.41) is 0. The van der Waals surface area contributed by atoms with E-state index in [4.69, 9.17) is 0 Å². The summed E-state index contributed by atoms with van der Waals surface area (Å²) in [6.45, 7) is 9.06. The molecule has 0 atom stereocenters. The smallest absolute Gasteiger partial charge is 0.00786 e. The molecule has 0 heterocycles. The second-order valence-electron chi connectivity index (χ2n) is 8.51. The minimum absolute atomic E-state index is 0.0155. The standard InChI is InChI=1S/C28H30/c1-27(2,21-19-23-11-7-5-8-12-23)25-15-17-26(18-16-25)28(3,4)22-20-24-13-9-6-10-14-24/h5-22H,1-4H3/b21-19-,22-20-. The van der Waals surface area contributed by atoms with Crippen LogP contribution in [0, 0.1) is 0 Å². The van der Waals surface area contributed by atoms with E-state index in [1.807, 2.05) is 0 Å². The molecule has 0 radical (unpaired) electrons. The fourth-order valence-corrected chi connectivity index (χ4v) is 3.26. The van der Waals surface area contributed by atoms with E-state index in [2.05, 4.69) is 137 Å². The molecule has 0 nitrogen and oxygen atoms in total. The Hall–Kier alpha value is -2.86. The third-order valence-electron chi connectivity index (χ3n) is 5.36. The van der Waals surface area contributed by atoms with E-state index in [0.717, 1.165) is 0 Å². The summed E-state index contributed by atoms with van der Waals surface area (Å²) in [4.78, 5) is 0. The highest BCUT2D eigenvalue weighted by atomic mass is 14.2. The molecule has 0 aliphatic heterocycles. The van der Waals surface area contributed by atoms with Gasteiger partial charge in [0, 0.05) is 10.8 Å². The molecule has 142 valence electrons. The van der Waals surface area contributed by atoms with E-state index in [-0.39, 0.29) is 10.8 Å². The molecule has 3 aromatic rings. The molecule has 0 unspecified atom stereocenters. The van der Waals surface area contributed by atoms with Crippen LogP contribution in [-0.4, -0.2) is 0 Å². The topological polar surface area (TPSA) is 0 Å². The van der Waals surface area contributed by atoms with Crippen LogP contribution >= 0.6 is 0 Å². The minimum atomic E-state index is -0.0155. The van der Waals surface area contributed by atoms with Gasteiger partial charge >= 0.3 is 0 Å². The second kappa shape index (κ2) is 8.44. The van der Waals surface area contributed by atoms with Gasteiger partial charge in [-0.1, -0.05) is 137 Å². The van der Waals surface area contributed by atoms with Crippen molar-refractivity contribution in [1.29, 1.82) is 0 Å². The molecule has 0 aromatic heterocycles. The summed E-state index contributed by atoms with van der Waals surface area (Å²) >= 11 is 0. The SMILES string of the molecule is CC(C)(/C=C\c1ccccc1)c1ccc(C(C)(C)/C=C\c2ccccc2)cc1. The van der Waals surface area contributed by atoms with Crippen LogP contribution in [0.15, 0.2) is 97.1 Å². The molecule has 0 N–H and O–H groups in total. The number of rotatable bonds is 6. The van der Waals surface area contributed by atoms with Crippen molar-refractivity contribution in [2.45, 2.75) is 38.5 Å². The van der Waals surface area contributed by atoms with Crippen molar-refractivity contribution in [3.8, 4) is 0 Å². The number of benzene rings is 3. The zero-order valence-corrected chi connectivity index (χ0v) is 17.4. The van der Waals surface area contributed by atoms with E-state index in [9.17, 15) is 0 Å². The summed E-state index contributed by atoms with van der Waals surface area (Å²) in [5.74, 6) is 0. The van der Waals surface area contributed by atoms with Crippen molar-refractivity contribution in [3.05, 3.63) is 119 Å². The first-order valence-corrected chi connectivity index (χ1v) is 9.96. The monoisotopic (exact) mass is 366 g/mol. The average molecular weight is 367 g/mol. The molecule has 3 aromatic carbocycles. The Morgan fingerprint density at radius 1 is 0.464 bits per heavy atom. The highest BCUT2D eigenvalue weighted by Crippen LogP contribution is 2.30. The Labute approximate surface area is 170 Å². The van der Waals surface area contributed by atoms with Gasteiger partial charge in [0.1, 0.15) is 0 Å². The van der Waals surface area contributed by atoms with E-state index in [1.165, 1.54) is 22.3 Å². The van der Waals surface area contributed by atoms with Crippen molar-refractivity contribution in [1.82, 2.24) is 0 Å². The van der Waals surface area contributed by atoms with Crippen LogP contribution in [0.4, 0.5) is 0 Å². The summed E-state index contributed by atoms with van der Waals surface area (Å²) in [5.41, 5.74) is 5.09. The molecular weight excluding hydrogens is 336 g/mol. The van der Waals surface area contributed by atoms with Crippen LogP contribution in [-0.2, 0) is 10.8 Å². The molecule has 0 fully saturated rings. The van der Waals surface area contributed by atoms with E-state index >= 15 is 0 Å². The van der Waals surface area contributed by atoms with Gasteiger partial charge in [0.15, 0.2) is 0 Å². The quantitative estimate of drug-likeness (QED) is 0.420. The van der Waals surface area contributed by atoms with Gasteiger partial charge in [-0.3, -0.25) is 0 Å². The normalized spacial score (nSPS) is 12.7. The molecule has 0 bridgehead atoms. The maximum atomic E-state index is 2.29. The van der Waals surface area contributed by atoms with Crippen molar-refractivity contribution in [3.63, 3.8) is 0 Å². The van der Waals surface area contributed by atoms with Gasteiger partial charge in [-0.05, 0) is 22.3 Å². The fraction of sp³-hybridized carbons (Fsp3) is 0.214. The average Bonchev–Trinajstić information content (AvgIpc) is 2.73. The third-order valence-corrected chi connectivity index (χ3v) is 5.36. The third kappa shape index (κ3) is 5.10. The lowest BCUT2D eigenvalue weighted by molar-refractivity contribution is 0.657. The van der Waals surface area contributed by atoms with Crippen LogP contribution in [0.1, 0.15) is 49.9 Å². The molecule has 3 rings (SSSR count). The molecule has 28 heavy (non-hydrogen) atoms. The number of allylic oxidation sites excluding steroid dienone is 2. The molecule has 0 saturated carbocycles. The molecular formula is C28H30. The van der Waals surface area contributed by atoms with Gasteiger partial charge in [-0.2, -0.15) is 0 Å². The Morgan fingerprint density at radius 3 is 1.11 bits per heavy atom. The zero-order valence-electron chi connectivity index (χ0n) is 17.4. The van der Waals surface area contributed by atoms with E-state index < -0.39 is 0 Å². The fourth-order valence-electron chi connectivity index (χ4n) is 3.26. The van der Waals surface area contributed by atoms with E-state index in [0.29, 0.717) is 0 Å². The van der Waals surface area contributed by atoms with Crippen LogP contribution in [0.5, 0.6) is 0 Å². The molecule has 0 spiro atoms. The first kappa shape index (κ1) is 19.9. The second-order valence-corrected chi connectivity index (χ2v) is 8.51. The zero-order chi connectivity index (χ0) is 20.0. The highest BCUT2D eigenvalue weighted by Gasteiger charge is 2.20.